The number of nitroso groups, excluding NO2 is 1. The third kappa shape index (κ3) is 5.51. The maximum absolute atomic E-state index is 14.8. The molecule has 11 heteroatoms. The topological polar surface area (TPSA) is 95.4 Å². The second-order valence-electron chi connectivity index (χ2n) is 10.1. The highest BCUT2D eigenvalue weighted by Crippen LogP contribution is 2.47. The fourth-order valence-corrected chi connectivity index (χ4v) is 6.57. The van der Waals surface area contributed by atoms with Crippen LogP contribution >= 0.6 is 23.5 Å². The van der Waals surface area contributed by atoms with Crippen LogP contribution in [0.5, 0.6) is 5.75 Å². The van der Waals surface area contributed by atoms with E-state index in [0.29, 0.717) is 54.9 Å². The zero-order valence-electron chi connectivity index (χ0n) is 23.4. The van der Waals surface area contributed by atoms with Gasteiger partial charge in [-0.1, -0.05) is 66.2 Å². The van der Waals surface area contributed by atoms with Crippen molar-refractivity contribution < 1.29 is 23.1 Å². The maximum Gasteiger partial charge on any atom is 0.320 e. The minimum Gasteiger partial charge on any atom is -0.506 e. The molecule has 0 fully saturated rings. The molecule has 6 nitrogen and oxygen atoms in total. The summed E-state index contributed by atoms with van der Waals surface area (Å²) in [4.78, 5) is 23.3. The Bertz CT molecular complexity index is 2210. The molecule has 1 heterocycles. The third-order valence-corrected chi connectivity index (χ3v) is 8.84. The van der Waals surface area contributed by atoms with E-state index in [1.54, 1.807) is 60.7 Å². The van der Waals surface area contributed by atoms with Crippen molar-refractivity contribution in [3.05, 3.63) is 136 Å². The van der Waals surface area contributed by atoms with Crippen LogP contribution < -0.4 is 0 Å². The number of phenolic OH excluding ortho intramolecular Hbond substituents is 1. The number of aromatic hydroxyl groups is 1. The zero-order chi connectivity index (χ0) is 32.5. The fraction of sp³-hybridized carbons (Fsp3) is 0.0286. The maximum atomic E-state index is 14.8. The summed E-state index contributed by atoms with van der Waals surface area (Å²) < 4.78 is 43.3. The summed E-state index contributed by atoms with van der Waals surface area (Å²) >= 11 is 7.70. The number of hydrogen-bond acceptors (Lipinski definition) is 5. The number of rotatable bonds is 7. The molecule has 0 atom stereocenters. The number of alkyl halides is 2. The van der Waals surface area contributed by atoms with Crippen LogP contribution in [0.4, 0.5) is 13.2 Å². The summed E-state index contributed by atoms with van der Waals surface area (Å²) in [6, 6.07) is 29.1. The summed E-state index contributed by atoms with van der Waals surface area (Å²) in [6.45, 7) is 0. The van der Waals surface area contributed by atoms with E-state index in [4.69, 9.17) is 11.6 Å². The highest BCUT2D eigenvalue weighted by molar-refractivity contribution is 7.98. The molecule has 46 heavy (non-hydrogen) atoms. The van der Waals surface area contributed by atoms with Gasteiger partial charge in [0.15, 0.2) is 0 Å². The van der Waals surface area contributed by atoms with Crippen molar-refractivity contribution in [1.29, 1.82) is 5.26 Å². The summed E-state index contributed by atoms with van der Waals surface area (Å²) in [7, 11) is 0. The molecule has 6 aromatic rings. The Labute approximate surface area is 269 Å². The van der Waals surface area contributed by atoms with E-state index in [2.05, 4.69) is 11.2 Å². The van der Waals surface area contributed by atoms with Crippen LogP contribution in [0.3, 0.4) is 0 Å². The minimum absolute atomic E-state index is 0.128. The first-order chi connectivity index (χ1) is 22.2. The van der Waals surface area contributed by atoms with E-state index in [-0.39, 0.29) is 16.1 Å². The Hall–Kier alpha value is -5.37. The standard InChI is InChI=1S/C35H19ClF3N3O3S/c36-31-26(13-14-27(33(31)43)35(44)41-45)20-5-3-6-21(16-20)32-30(25-7-2-1-4-22(25)18-40)28-17-23(37)10-15-29(28)42(32)46-24-11-8-19(9-12-24)34(38)39/h1-17,34,43H. The quantitative estimate of drug-likeness (QED) is 0.173. The van der Waals surface area contributed by atoms with Crippen molar-refractivity contribution in [2.45, 2.75) is 11.3 Å². The highest BCUT2D eigenvalue weighted by atomic mass is 35.5. The molecule has 0 aliphatic rings. The number of carbonyl (C=O) groups excluding carboxylic acids is 1. The van der Waals surface area contributed by atoms with E-state index in [9.17, 15) is 33.2 Å². The van der Waals surface area contributed by atoms with Crippen molar-refractivity contribution >= 4 is 40.4 Å². The molecule has 0 saturated heterocycles. The fourth-order valence-electron chi connectivity index (χ4n) is 5.29. The number of aromatic nitrogens is 1. The van der Waals surface area contributed by atoms with Crippen LogP contribution in [-0.2, 0) is 0 Å². The van der Waals surface area contributed by atoms with Crippen molar-refractivity contribution in [1.82, 2.24) is 3.97 Å². The predicted molar refractivity (Wildman–Crippen MR) is 172 cm³/mol. The van der Waals surface area contributed by atoms with Crippen LogP contribution in [0.1, 0.15) is 27.9 Å². The SMILES string of the molecule is N#Cc1ccccc1-c1c(-c2cccc(-c3ccc(C(=O)N=O)c(O)c3Cl)c2)n(Sc2ccc(C(F)F)cc2)c2ccc(F)cc12. The van der Waals surface area contributed by atoms with Gasteiger partial charge >= 0.3 is 5.91 Å². The lowest BCUT2D eigenvalue weighted by Gasteiger charge is -2.15. The van der Waals surface area contributed by atoms with Crippen LogP contribution in [0, 0.1) is 22.1 Å². The van der Waals surface area contributed by atoms with Crippen molar-refractivity contribution in [2.75, 3.05) is 0 Å². The molecular formula is C35H19ClF3N3O3S. The zero-order valence-corrected chi connectivity index (χ0v) is 25.0. The van der Waals surface area contributed by atoms with Gasteiger partial charge in [-0.2, -0.15) is 5.26 Å². The third-order valence-electron chi connectivity index (χ3n) is 7.41. The highest BCUT2D eigenvalue weighted by Gasteiger charge is 2.25. The first kappa shape index (κ1) is 30.6. The van der Waals surface area contributed by atoms with Gasteiger partial charge in [0, 0.05) is 43.3 Å². The van der Waals surface area contributed by atoms with Crippen LogP contribution in [-0.4, -0.2) is 15.0 Å². The molecular weight excluding hydrogens is 635 g/mol. The lowest BCUT2D eigenvalue weighted by molar-refractivity contribution is 0.0998. The molecule has 0 spiro atoms. The van der Waals surface area contributed by atoms with Gasteiger partial charge in [-0.25, -0.2) is 13.2 Å². The summed E-state index contributed by atoms with van der Waals surface area (Å²) in [6.07, 6.45) is -2.63. The average molecular weight is 654 g/mol. The number of benzene rings is 5. The van der Waals surface area contributed by atoms with Gasteiger partial charge < -0.3 is 5.11 Å². The number of phenols is 1. The first-order valence-corrected chi connectivity index (χ1v) is 14.8. The van der Waals surface area contributed by atoms with Gasteiger partial charge in [0.2, 0.25) is 0 Å². The molecule has 226 valence electrons. The largest absolute Gasteiger partial charge is 0.506 e. The Balaban J connectivity index is 1.63. The number of carbonyl (C=O) groups is 1. The monoisotopic (exact) mass is 653 g/mol. The van der Waals surface area contributed by atoms with E-state index < -0.39 is 23.9 Å². The van der Waals surface area contributed by atoms with Gasteiger partial charge in [-0.15, -0.1) is 4.91 Å². The number of halogens is 4. The summed E-state index contributed by atoms with van der Waals surface area (Å²) in [5.74, 6) is -2.25. The van der Waals surface area contributed by atoms with Gasteiger partial charge in [0.25, 0.3) is 6.43 Å². The van der Waals surface area contributed by atoms with Crippen molar-refractivity contribution in [3.8, 4) is 45.3 Å². The van der Waals surface area contributed by atoms with Gasteiger partial charge in [0.05, 0.1) is 33.4 Å². The Morgan fingerprint density at radius 3 is 2.37 bits per heavy atom. The van der Waals surface area contributed by atoms with E-state index in [0.717, 1.165) is 0 Å². The van der Waals surface area contributed by atoms with Gasteiger partial charge in [0.1, 0.15) is 11.6 Å². The number of fused-ring (bicyclic) bond motifs is 1. The molecule has 0 aliphatic carbocycles. The molecule has 1 amide bonds. The molecule has 0 bridgehead atoms. The Kier molecular flexibility index (Phi) is 8.37. The molecule has 0 saturated carbocycles. The molecule has 0 unspecified atom stereocenters. The smallest absolute Gasteiger partial charge is 0.320 e. The van der Waals surface area contributed by atoms with Crippen LogP contribution in [0.2, 0.25) is 5.02 Å². The predicted octanol–water partition coefficient (Wildman–Crippen LogP) is 10.4. The van der Waals surface area contributed by atoms with Gasteiger partial charge in [-0.05, 0) is 66.0 Å². The van der Waals surface area contributed by atoms with Crippen LogP contribution in [0.15, 0.2) is 113 Å². The van der Waals surface area contributed by atoms with Crippen molar-refractivity contribution in [3.63, 3.8) is 0 Å². The molecule has 1 N–H and O–H groups in total. The molecule has 0 aliphatic heterocycles. The molecule has 5 aromatic carbocycles. The molecule has 6 rings (SSSR count). The van der Waals surface area contributed by atoms with Gasteiger partial charge in [-0.3, -0.25) is 8.77 Å². The second-order valence-corrected chi connectivity index (χ2v) is 11.5. The Morgan fingerprint density at radius 2 is 1.65 bits per heavy atom. The summed E-state index contributed by atoms with van der Waals surface area (Å²) in [5, 5.41) is 23.3. The number of amides is 1. The summed E-state index contributed by atoms with van der Waals surface area (Å²) in [5.41, 5.74) is 3.67. The normalized spacial score (nSPS) is 11.1. The lowest BCUT2D eigenvalue weighted by Crippen LogP contribution is -1.96. The number of nitrogens with zero attached hydrogens (tertiary/aromatic N) is 3. The first-order valence-electron chi connectivity index (χ1n) is 13.6. The minimum atomic E-state index is -2.63. The van der Waals surface area contributed by atoms with Crippen molar-refractivity contribution in [2.24, 2.45) is 5.18 Å². The second kappa shape index (κ2) is 12.6. The van der Waals surface area contributed by atoms with E-state index in [1.165, 1.54) is 48.3 Å². The number of hydrogen-bond donors (Lipinski definition) is 1. The van der Waals surface area contributed by atoms with Crippen LogP contribution in [0.25, 0.3) is 44.4 Å². The average Bonchev–Trinajstić information content (AvgIpc) is 3.38. The van der Waals surface area contributed by atoms with E-state index in [1.807, 2.05) is 10.0 Å². The van der Waals surface area contributed by atoms with E-state index >= 15 is 0 Å². The Morgan fingerprint density at radius 1 is 0.913 bits per heavy atom. The molecule has 1 aromatic heterocycles. The number of nitriles is 1. The molecule has 0 radical (unpaired) electrons. The lowest BCUT2D eigenvalue weighted by atomic mass is 9.93.